The van der Waals surface area contributed by atoms with Gasteiger partial charge in [0.15, 0.2) is 0 Å². The van der Waals surface area contributed by atoms with Gasteiger partial charge < -0.3 is 0 Å². The van der Waals surface area contributed by atoms with Gasteiger partial charge >= 0.3 is 0 Å². The van der Waals surface area contributed by atoms with Crippen molar-refractivity contribution in [2.75, 3.05) is 0 Å². The molecule has 0 saturated heterocycles. The van der Waals surface area contributed by atoms with E-state index in [9.17, 15) is 0 Å². The van der Waals surface area contributed by atoms with Gasteiger partial charge in [-0.15, -0.1) is 22.2 Å². The molecule has 4 heteroatoms. The lowest BCUT2D eigenvalue weighted by Gasteiger charge is -2.09. The third kappa shape index (κ3) is 2.78. The van der Waals surface area contributed by atoms with Gasteiger partial charge in [-0.3, -0.25) is 0 Å². The van der Waals surface area contributed by atoms with Gasteiger partial charge in [0, 0.05) is 4.47 Å². The van der Waals surface area contributed by atoms with Crippen LogP contribution in [0.1, 0.15) is 0 Å². The molecule has 0 N–H and O–H groups in total. The molecule has 0 heterocycles. The van der Waals surface area contributed by atoms with Crippen LogP contribution in [-0.2, 0) is 0 Å². The van der Waals surface area contributed by atoms with Crippen molar-refractivity contribution >= 4 is 50.0 Å². The summed E-state index contributed by atoms with van der Waals surface area (Å²) in [6.45, 7) is -0.244. The predicted molar refractivity (Wildman–Crippen MR) is 57.1 cm³/mol. The van der Waals surface area contributed by atoms with Crippen molar-refractivity contribution in [3.63, 3.8) is 0 Å². The summed E-state index contributed by atoms with van der Waals surface area (Å²) in [6.07, 6.45) is 0. The Morgan fingerprint density at radius 1 is 1.18 bits per heavy atom. The summed E-state index contributed by atoms with van der Waals surface area (Å²) < 4.78 is 1.05. The summed E-state index contributed by atoms with van der Waals surface area (Å²) in [5, 5.41) is 1.05. The first kappa shape index (κ1) is 9.58. The summed E-state index contributed by atoms with van der Waals surface area (Å²) in [7, 11) is 0. The Kier molecular flexibility index (Phi) is 3.03. The highest BCUT2D eigenvalue weighted by Gasteiger charge is 2.23. The molecule has 0 atom stereocenters. The molecule has 0 aliphatic carbocycles. The second kappa shape index (κ2) is 3.48. The highest BCUT2D eigenvalue weighted by Crippen LogP contribution is 2.15. The molecule has 0 nitrogen and oxygen atoms in total. The quantitative estimate of drug-likeness (QED) is 0.543. The van der Waals surface area contributed by atoms with E-state index in [-0.39, 0.29) is 0 Å². The molecule has 0 bridgehead atoms. The van der Waals surface area contributed by atoms with Crippen molar-refractivity contribution in [2.45, 2.75) is 6.55 Å². The molecule has 0 aromatic heterocycles. The van der Waals surface area contributed by atoms with Crippen LogP contribution in [0.5, 0.6) is 0 Å². The van der Waals surface area contributed by atoms with E-state index in [1.807, 2.05) is 30.8 Å². The first-order chi connectivity index (χ1) is 5.00. The van der Waals surface area contributed by atoms with Crippen LogP contribution in [0, 0.1) is 0 Å². The second-order valence-electron chi connectivity index (χ2n) is 2.40. The number of benzene rings is 1. The first-order valence-corrected chi connectivity index (χ1v) is 8.46. The third-order valence-corrected chi connectivity index (χ3v) is 4.54. The number of hydrogen-bond donors (Lipinski definition) is 0. The van der Waals surface area contributed by atoms with Crippen molar-refractivity contribution in [2.24, 2.45) is 0 Å². The van der Waals surface area contributed by atoms with E-state index in [0.717, 1.165) is 9.66 Å². The molecular formula is C7H7BrCl2Si. The molecule has 60 valence electrons. The second-order valence-corrected chi connectivity index (χ2v) is 10.8. The van der Waals surface area contributed by atoms with Crippen molar-refractivity contribution < 1.29 is 0 Å². The fourth-order valence-electron chi connectivity index (χ4n) is 0.743. The van der Waals surface area contributed by atoms with Crippen molar-refractivity contribution in [3.8, 4) is 0 Å². The van der Waals surface area contributed by atoms with Crippen LogP contribution in [0.3, 0.4) is 0 Å². The van der Waals surface area contributed by atoms with E-state index in [4.69, 9.17) is 22.2 Å². The van der Waals surface area contributed by atoms with Gasteiger partial charge in [-0.05, 0) is 23.9 Å². The molecule has 0 radical (unpaired) electrons. The summed E-state index contributed by atoms with van der Waals surface area (Å²) in [4.78, 5) is 0. The largest absolute Gasteiger partial charge is 0.277 e. The highest BCUT2D eigenvalue weighted by atomic mass is 79.9. The SMILES string of the molecule is C[Si](Cl)(Cl)c1ccc(Br)cc1. The van der Waals surface area contributed by atoms with E-state index in [2.05, 4.69) is 15.9 Å². The molecule has 0 amide bonds. The zero-order chi connectivity index (χ0) is 8.48. The van der Waals surface area contributed by atoms with Crippen LogP contribution in [0.25, 0.3) is 0 Å². The summed E-state index contributed by atoms with van der Waals surface area (Å²) in [6, 6.07) is 7.81. The van der Waals surface area contributed by atoms with Crippen LogP contribution >= 0.6 is 38.1 Å². The van der Waals surface area contributed by atoms with E-state index < -0.39 is 6.69 Å². The maximum atomic E-state index is 6.00. The molecular weight excluding hydrogens is 263 g/mol. The molecule has 0 spiro atoms. The minimum atomic E-state index is -2.13. The van der Waals surface area contributed by atoms with Crippen molar-refractivity contribution in [3.05, 3.63) is 28.7 Å². The number of hydrogen-bond acceptors (Lipinski definition) is 0. The highest BCUT2D eigenvalue weighted by molar-refractivity contribution is 9.10. The Labute approximate surface area is 85.1 Å². The van der Waals surface area contributed by atoms with Gasteiger partial charge in [0.2, 0.25) is 0 Å². The molecule has 11 heavy (non-hydrogen) atoms. The molecule has 1 rings (SSSR count). The minimum Gasteiger partial charge on any atom is -0.140 e. The average molecular weight is 270 g/mol. The lowest BCUT2D eigenvalue weighted by molar-refractivity contribution is 1.69. The maximum absolute atomic E-state index is 6.00. The Hall–Kier alpha value is 0.497. The predicted octanol–water partition coefficient (Wildman–Crippen LogP) is 3.21. The molecule has 0 saturated carbocycles. The Morgan fingerprint density at radius 2 is 1.64 bits per heavy atom. The fraction of sp³-hybridized carbons (Fsp3) is 0.143. The van der Waals surface area contributed by atoms with Gasteiger partial charge in [0.25, 0.3) is 6.69 Å². The van der Waals surface area contributed by atoms with E-state index >= 15 is 0 Å². The maximum Gasteiger partial charge on any atom is 0.277 e. The molecule has 0 unspecified atom stereocenters. The topological polar surface area (TPSA) is 0 Å². The van der Waals surface area contributed by atoms with E-state index in [1.54, 1.807) is 0 Å². The first-order valence-electron chi connectivity index (χ1n) is 3.14. The minimum absolute atomic E-state index is 1.05. The molecule has 1 aromatic rings. The van der Waals surface area contributed by atoms with E-state index in [0.29, 0.717) is 0 Å². The normalized spacial score (nSPS) is 11.6. The molecule has 0 aliphatic heterocycles. The zero-order valence-electron chi connectivity index (χ0n) is 5.94. The fourth-order valence-corrected chi connectivity index (χ4v) is 2.51. The summed E-state index contributed by atoms with van der Waals surface area (Å²) in [5.74, 6) is 0. The van der Waals surface area contributed by atoms with Crippen LogP contribution in [0.15, 0.2) is 28.7 Å². The lowest BCUT2D eigenvalue weighted by Crippen LogP contribution is -2.32. The zero-order valence-corrected chi connectivity index (χ0v) is 10.0. The number of rotatable bonds is 1. The Balaban J connectivity index is 2.99. The van der Waals surface area contributed by atoms with Gasteiger partial charge in [-0.2, -0.15) is 0 Å². The van der Waals surface area contributed by atoms with Gasteiger partial charge in [-0.1, -0.05) is 28.1 Å². The lowest BCUT2D eigenvalue weighted by atomic mass is 10.4. The molecule has 0 fully saturated rings. The third-order valence-electron chi connectivity index (χ3n) is 1.35. The number of halogens is 3. The van der Waals surface area contributed by atoms with Crippen LogP contribution in [0.4, 0.5) is 0 Å². The van der Waals surface area contributed by atoms with Crippen molar-refractivity contribution in [1.82, 2.24) is 0 Å². The van der Waals surface area contributed by atoms with Crippen LogP contribution in [-0.4, -0.2) is 6.69 Å². The van der Waals surface area contributed by atoms with Crippen molar-refractivity contribution in [1.29, 1.82) is 0 Å². The standard InChI is InChI=1S/C7H7BrCl2Si/c1-11(9,10)7-4-2-6(8)3-5-7/h2-5H,1H3. The summed E-state index contributed by atoms with van der Waals surface area (Å²) >= 11 is 15.3. The smallest absolute Gasteiger partial charge is 0.140 e. The average Bonchev–Trinajstić information content (AvgIpc) is 1.86. The summed E-state index contributed by atoms with van der Waals surface area (Å²) in [5.41, 5.74) is 0. The Bertz CT molecular complexity index is 240. The van der Waals surface area contributed by atoms with Crippen LogP contribution in [0.2, 0.25) is 6.55 Å². The van der Waals surface area contributed by atoms with Gasteiger partial charge in [0.05, 0.1) is 0 Å². The van der Waals surface area contributed by atoms with Crippen LogP contribution < -0.4 is 5.19 Å². The van der Waals surface area contributed by atoms with E-state index in [1.165, 1.54) is 0 Å². The van der Waals surface area contributed by atoms with Gasteiger partial charge in [-0.25, -0.2) is 0 Å². The Morgan fingerprint density at radius 3 is 2.00 bits per heavy atom. The van der Waals surface area contributed by atoms with Gasteiger partial charge in [0.1, 0.15) is 0 Å². The molecule has 1 aromatic carbocycles. The molecule has 0 aliphatic rings. The monoisotopic (exact) mass is 268 g/mol.